The fourth-order valence-corrected chi connectivity index (χ4v) is 1.48. The van der Waals surface area contributed by atoms with Gasteiger partial charge in [0, 0.05) is 0 Å². The van der Waals surface area contributed by atoms with E-state index in [2.05, 4.69) is 10.6 Å². The summed E-state index contributed by atoms with van der Waals surface area (Å²) in [6.45, 7) is 0.0571. The average Bonchev–Trinajstić information content (AvgIpc) is 2.32. The first kappa shape index (κ1) is 10.4. The van der Waals surface area contributed by atoms with Gasteiger partial charge < -0.3 is 10.6 Å². The lowest BCUT2D eigenvalue weighted by atomic mass is 10.1. The van der Waals surface area contributed by atoms with Crippen molar-refractivity contribution in [3.63, 3.8) is 0 Å². The molecule has 2 amide bonds. The van der Waals surface area contributed by atoms with E-state index >= 15 is 0 Å². The lowest BCUT2D eigenvalue weighted by molar-refractivity contribution is -0.127. The summed E-state index contributed by atoms with van der Waals surface area (Å²) in [5.41, 5.74) is 1.43. The van der Waals surface area contributed by atoms with Crippen molar-refractivity contribution < 1.29 is 9.59 Å². The molecule has 0 radical (unpaired) electrons. The van der Waals surface area contributed by atoms with E-state index in [4.69, 9.17) is 0 Å². The van der Waals surface area contributed by atoms with Gasteiger partial charge in [0.2, 0.25) is 5.91 Å². The molecule has 2 rings (SSSR count). The standard InChI is InChI=1S/C12H12N2O2/c15-11-8-13-12(16)10(14-11)7-6-9-4-2-1-3-5-9/h1-5,7H,6,8H2,(H,13,16)(H,14,15). The minimum atomic E-state index is -0.226. The normalized spacial score (nSPS) is 18.1. The summed E-state index contributed by atoms with van der Waals surface area (Å²) in [6.07, 6.45) is 2.35. The quantitative estimate of drug-likeness (QED) is 0.701. The van der Waals surface area contributed by atoms with Crippen molar-refractivity contribution in [1.29, 1.82) is 0 Å². The van der Waals surface area contributed by atoms with Crippen LogP contribution in [0.25, 0.3) is 0 Å². The van der Waals surface area contributed by atoms with Crippen molar-refractivity contribution in [1.82, 2.24) is 10.6 Å². The van der Waals surface area contributed by atoms with Gasteiger partial charge in [-0.05, 0) is 12.0 Å². The zero-order valence-electron chi connectivity index (χ0n) is 8.69. The third-order valence-corrected chi connectivity index (χ3v) is 2.31. The Morgan fingerprint density at radius 3 is 2.69 bits per heavy atom. The highest BCUT2D eigenvalue weighted by Gasteiger charge is 2.18. The van der Waals surface area contributed by atoms with Gasteiger partial charge in [0.1, 0.15) is 5.70 Å². The Morgan fingerprint density at radius 1 is 1.19 bits per heavy atom. The van der Waals surface area contributed by atoms with E-state index in [1.807, 2.05) is 30.3 Å². The molecule has 0 saturated carbocycles. The molecule has 1 saturated heterocycles. The topological polar surface area (TPSA) is 58.2 Å². The third-order valence-electron chi connectivity index (χ3n) is 2.31. The number of nitrogens with one attached hydrogen (secondary N) is 2. The Hall–Kier alpha value is -2.10. The zero-order valence-corrected chi connectivity index (χ0v) is 8.69. The van der Waals surface area contributed by atoms with Gasteiger partial charge in [0.05, 0.1) is 6.54 Å². The van der Waals surface area contributed by atoms with E-state index in [9.17, 15) is 9.59 Å². The Balaban J connectivity index is 2.06. The molecule has 16 heavy (non-hydrogen) atoms. The number of piperazine rings is 1. The fraction of sp³-hybridized carbons (Fsp3) is 0.167. The molecule has 2 N–H and O–H groups in total. The van der Waals surface area contributed by atoms with E-state index in [0.29, 0.717) is 12.1 Å². The summed E-state index contributed by atoms with van der Waals surface area (Å²) in [5.74, 6) is -0.408. The van der Waals surface area contributed by atoms with Gasteiger partial charge in [-0.1, -0.05) is 36.4 Å². The zero-order chi connectivity index (χ0) is 11.4. The van der Waals surface area contributed by atoms with Crippen LogP contribution in [0.15, 0.2) is 42.1 Å². The summed E-state index contributed by atoms with van der Waals surface area (Å²) >= 11 is 0. The second-order valence-corrected chi connectivity index (χ2v) is 3.54. The molecule has 4 heteroatoms. The van der Waals surface area contributed by atoms with Gasteiger partial charge >= 0.3 is 0 Å². The van der Waals surface area contributed by atoms with Crippen LogP contribution in [-0.2, 0) is 16.0 Å². The van der Waals surface area contributed by atoms with E-state index in [0.717, 1.165) is 5.56 Å². The predicted molar refractivity (Wildman–Crippen MR) is 59.4 cm³/mol. The van der Waals surface area contributed by atoms with Crippen molar-refractivity contribution in [3.05, 3.63) is 47.7 Å². The molecule has 0 spiro atoms. The lowest BCUT2D eigenvalue weighted by Gasteiger charge is -2.15. The first-order valence-electron chi connectivity index (χ1n) is 5.08. The number of carbonyl (C=O) groups is 2. The van der Waals surface area contributed by atoms with Crippen LogP contribution in [-0.4, -0.2) is 18.4 Å². The maximum Gasteiger partial charge on any atom is 0.267 e. The molecular weight excluding hydrogens is 204 g/mol. The smallest absolute Gasteiger partial charge is 0.267 e. The van der Waals surface area contributed by atoms with Crippen molar-refractivity contribution in [2.24, 2.45) is 0 Å². The predicted octanol–water partition coefficient (Wildman–Crippen LogP) is 0.359. The van der Waals surface area contributed by atoms with E-state index in [-0.39, 0.29) is 18.4 Å². The van der Waals surface area contributed by atoms with Crippen LogP contribution in [0.3, 0.4) is 0 Å². The van der Waals surface area contributed by atoms with Crippen LogP contribution in [0.1, 0.15) is 5.56 Å². The molecule has 82 valence electrons. The van der Waals surface area contributed by atoms with Crippen LogP contribution in [0, 0.1) is 0 Å². The van der Waals surface area contributed by atoms with Crippen LogP contribution < -0.4 is 10.6 Å². The number of benzene rings is 1. The van der Waals surface area contributed by atoms with Gasteiger partial charge in [-0.3, -0.25) is 9.59 Å². The number of hydrogen-bond donors (Lipinski definition) is 2. The molecule has 0 atom stereocenters. The fourth-order valence-electron chi connectivity index (χ4n) is 1.48. The maximum absolute atomic E-state index is 11.4. The lowest BCUT2D eigenvalue weighted by Crippen LogP contribution is -2.47. The summed E-state index contributed by atoms with van der Waals surface area (Å²) in [7, 11) is 0. The molecule has 1 aromatic carbocycles. The first-order chi connectivity index (χ1) is 7.75. The second kappa shape index (κ2) is 4.61. The van der Waals surface area contributed by atoms with Crippen molar-refractivity contribution in [2.75, 3.05) is 6.54 Å². The molecule has 0 unspecified atom stereocenters. The van der Waals surface area contributed by atoms with Crippen molar-refractivity contribution in [3.8, 4) is 0 Å². The highest BCUT2D eigenvalue weighted by molar-refractivity contribution is 6.02. The molecule has 1 aliphatic rings. The van der Waals surface area contributed by atoms with Crippen LogP contribution in [0.5, 0.6) is 0 Å². The Morgan fingerprint density at radius 2 is 1.94 bits per heavy atom. The van der Waals surface area contributed by atoms with Gasteiger partial charge in [0.25, 0.3) is 5.91 Å². The molecule has 1 fully saturated rings. The van der Waals surface area contributed by atoms with Gasteiger partial charge in [-0.2, -0.15) is 0 Å². The van der Waals surface area contributed by atoms with Gasteiger partial charge in [-0.15, -0.1) is 0 Å². The number of hydrogen-bond acceptors (Lipinski definition) is 2. The summed E-state index contributed by atoms with van der Waals surface area (Å²) in [4.78, 5) is 22.4. The molecule has 4 nitrogen and oxygen atoms in total. The molecule has 0 aromatic heterocycles. The van der Waals surface area contributed by atoms with Crippen LogP contribution >= 0.6 is 0 Å². The third kappa shape index (κ3) is 2.48. The number of rotatable bonds is 2. The van der Waals surface area contributed by atoms with E-state index < -0.39 is 0 Å². The molecule has 1 heterocycles. The highest BCUT2D eigenvalue weighted by Crippen LogP contribution is 2.03. The monoisotopic (exact) mass is 216 g/mol. The Labute approximate surface area is 93.3 Å². The summed E-state index contributed by atoms with van der Waals surface area (Å²) in [5, 5.41) is 5.05. The van der Waals surface area contributed by atoms with Gasteiger partial charge in [-0.25, -0.2) is 0 Å². The summed E-state index contributed by atoms with van der Waals surface area (Å²) < 4.78 is 0. The largest absolute Gasteiger partial charge is 0.342 e. The molecule has 1 aliphatic heterocycles. The SMILES string of the molecule is O=C1CNC(=O)C(=CCc2ccccc2)N1. The molecule has 0 bridgehead atoms. The van der Waals surface area contributed by atoms with Gasteiger partial charge in [0.15, 0.2) is 0 Å². The van der Waals surface area contributed by atoms with Crippen LogP contribution in [0.2, 0.25) is 0 Å². The van der Waals surface area contributed by atoms with E-state index in [1.165, 1.54) is 0 Å². The molecule has 0 aliphatic carbocycles. The minimum absolute atomic E-state index is 0.0571. The van der Waals surface area contributed by atoms with Crippen molar-refractivity contribution >= 4 is 11.8 Å². The molecule has 1 aromatic rings. The molecular formula is C12H12N2O2. The Kier molecular flexibility index (Phi) is 3.00. The van der Waals surface area contributed by atoms with Crippen molar-refractivity contribution in [2.45, 2.75) is 6.42 Å². The van der Waals surface area contributed by atoms with Crippen LogP contribution in [0.4, 0.5) is 0 Å². The Bertz CT molecular complexity index is 438. The number of carbonyl (C=O) groups excluding carboxylic acids is 2. The summed E-state index contributed by atoms with van der Waals surface area (Å²) in [6, 6.07) is 9.76. The average molecular weight is 216 g/mol. The van der Waals surface area contributed by atoms with E-state index in [1.54, 1.807) is 6.08 Å². The minimum Gasteiger partial charge on any atom is -0.342 e. The number of amides is 2. The number of allylic oxidation sites excluding steroid dienone is 1. The first-order valence-corrected chi connectivity index (χ1v) is 5.08. The highest BCUT2D eigenvalue weighted by atomic mass is 16.2. The maximum atomic E-state index is 11.4. The second-order valence-electron chi connectivity index (χ2n) is 3.54.